The Morgan fingerprint density at radius 2 is 1.76 bits per heavy atom. The molecule has 7 heteroatoms. The summed E-state index contributed by atoms with van der Waals surface area (Å²) in [5.41, 5.74) is 0.753. The number of benzene rings is 1. The molecule has 0 atom stereocenters. The minimum atomic E-state index is -1.04. The summed E-state index contributed by atoms with van der Waals surface area (Å²) in [6.45, 7) is 5.84. The second-order valence-electron chi connectivity index (χ2n) is 7.09. The molecule has 0 saturated carbocycles. The van der Waals surface area contributed by atoms with Gasteiger partial charge in [-0.05, 0) is 23.1 Å². The van der Waals surface area contributed by atoms with Gasteiger partial charge in [0.15, 0.2) is 6.61 Å². The summed E-state index contributed by atoms with van der Waals surface area (Å²) in [6, 6.07) is 6.84. The normalized spacial score (nSPS) is 10.9. The molecule has 25 heavy (non-hydrogen) atoms. The Morgan fingerprint density at radius 1 is 1.16 bits per heavy atom. The van der Waals surface area contributed by atoms with Crippen molar-refractivity contribution in [2.75, 3.05) is 20.2 Å². The summed E-state index contributed by atoms with van der Waals surface area (Å²) in [6.07, 6.45) is 0.363. The van der Waals surface area contributed by atoms with Gasteiger partial charge in [0.1, 0.15) is 5.75 Å². The van der Waals surface area contributed by atoms with Gasteiger partial charge in [-0.1, -0.05) is 32.9 Å². The minimum absolute atomic E-state index is 0.0365. The predicted octanol–water partition coefficient (Wildman–Crippen LogP) is 1.66. The summed E-state index contributed by atoms with van der Waals surface area (Å²) >= 11 is 0. The van der Waals surface area contributed by atoms with Crippen LogP contribution in [0.25, 0.3) is 0 Å². The third kappa shape index (κ3) is 8.74. The molecule has 0 saturated heterocycles. The quantitative estimate of drug-likeness (QED) is 0.743. The van der Waals surface area contributed by atoms with Gasteiger partial charge in [-0.2, -0.15) is 0 Å². The van der Waals surface area contributed by atoms with E-state index in [0.717, 1.165) is 5.56 Å². The van der Waals surface area contributed by atoms with Crippen molar-refractivity contribution in [1.82, 2.24) is 10.2 Å². The molecule has 1 aromatic rings. The SMILES string of the molecule is CN(Cc1ccc(OCC(=O)O)cc1)C(=O)CNC(=O)CC(C)(C)C. The van der Waals surface area contributed by atoms with Gasteiger partial charge in [-0.25, -0.2) is 4.79 Å². The summed E-state index contributed by atoms with van der Waals surface area (Å²) in [5, 5.41) is 11.2. The van der Waals surface area contributed by atoms with E-state index >= 15 is 0 Å². The second-order valence-corrected chi connectivity index (χ2v) is 7.09. The van der Waals surface area contributed by atoms with Crippen molar-refractivity contribution < 1.29 is 24.2 Å². The smallest absolute Gasteiger partial charge is 0.341 e. The molecule has 2 N–H and O–H groups in total. The van der Waals surface area contributed by atoms with Crippen LogP contribution in [-0.2, 0) is 20.9 Å². The lowest BCUT2D eigenvalue weighted by molar-refractivity contribution is -0.139. The average molecular weight is 350 g/mol. The monoisotopic (exact) mass is 350 g/mol. The molecular formula is C18H26N2O5. The molecule has 0 aromatic heterocycles. The topological polar surface area (TPSA) is 95.9 Å². The first-order chi connectivity index (χ1) is 11.6. The Hall–Kier alpha value is -2.57. The van der Waals surface area contributed by atoms with Gasteiger partial charge in [0.25, 0.3) is 0 Å². The van der Waals surface area contributed by atoms with Crippen LogP contribution in [-0.4, -0.2) is 48.0 Å². The van der Waals surface area contributed by atoms with Crippen molar-refractivity contribution in [2.45, 2.75) is 33.7 Å². The number of hydrogen-bond acceptors (Lipinski definition) is 4. The molecule has 0 radical (unpaired) electrons. The molecule has 1 aromatic carbocycles. The van der Waals surface area contributed by atoms with Gasteiger partial charge < -0.3 is 20.1 Å². The number of hydrogen-bond donors (Lipinski definition) is 2. The minimum Gasteiger partial charge on any atom is -0.482 e. The van der Waals surface area contributed by atoms with Crippen molar-refractivity contribution in [2.24, 2.45) is 5.41 Å². The van der Waals surface area contributed by atoms with Gasteiger partial charge in [-0.3, -0.25) is 9.59 Å². The Balaban J connectivity index is 2.44. The molecule has 1 rings (SSSR count). The molecule has 0 unspecified atom stereocenters. The maximum atomic E-state index is 12.1. The third-order valence-corrected chi connectivity index (χ3v) is 3.26. The molecule has 0 heterocycles. The van der Waals surface area contributed by atoms with Crippen molar-refractivity contribution in [3.8, 4) is 5.75 Å². The fraction of sp³-hybridized carbons (Fsp3) is 0.500. The Bertz CT molecular complexity index is 605. The molecular weight excluding hydrogens is 324 g/mol. The van der Waals surface area contributed by atoms with Crippen LogP contribution < -0.4 is 10.1 Å². The number of carbonyl (C=O) groups is 3. The Kier molecular flexibility index (Phi) is 7.42. The maximum Gasteiger partial charge on any atom is 0.341 e. The van der Waals surface area contributed by atoms with Crippen LogP contribution in [0, 0.1) is 5.41 Å². The van der Waals surface area contributed by atoms with E-state index in [9.17, 15) is 14.4 Å². The number of carbonyl (C=O) groups excluding carboxylic acids is 2. The molecule has 0 fully saturated rings. The molecule has 138 valence electrons. The van der Waals surface area contributed by atoms with E-state index in [2.05, 4.69) is 5.32 Å². The fourth-order valence-electron chi connectivity index (χ4n) is 2.05. The molecule has 0 spiro atoms. The largest absolute Gasteiger partial charge is 0.482 e. The van der Waals surface area contributed by atoms with Crippen molar-refractivity contribution >= 4 is 17.8 Å². The number of carboxylic acids is 1. The summed E-state index contributed by atoms with van der Waals surface area (Å²) < 4.78 is 5.05. The van der Waals surface area contributed by atoms with Gasteiger partial charge >= 0.3 is 5.97 Å². The number of rotatable bonds is 8. The van der Waals surface area contributed by atoms with E-state index in [1.807, 2.05) is 20.8 Å². The lowest BCUT2D eigenvalue weighted by Gasteiger charge is -2.20. The maximum absolute atomic E-state index is 12.1. The van der Waals surface area contributed by atoms with E-state index < -0.39 is 12.6 Å². The highest BCUT2D eigenvalue weighted by molar-refractivity contribution is 5.84. The molecule has 7 nitrogen and oxygen atoms in total. The molecule has 0 bridgehead atoms. The average Bonchev–Trinajstić information content (AvgIpc) is 2.50. The number of aliphatic carboxylic acids is 1. The highest BCUT2D eigenvalue weighted by Crippen LogP contribution is 2.17. The Morgan fingerprint density at radius 3 is 2.28 bits per heavy atom. The van der Waals surface area contributed by atoms with E-state index in [4.69, 9.17) is 9.84 Å². The highest BCUT2D eigenvalue weighted by Gasteiger charge is 2.17. The van der Waals surface area contributed by atoms with Gasteiger partial charge in [-0.15, -0.1) is 0 Å². The van der Waals surface area contributed by atoms with E-state index in [-0.39, 0.29) is 23.8 Å². The van der Waals surface area contributed by atoms with Crippen LogP contribution in [0.2, 0.25) is 0 Å². The van der Waals surface area contributed by atoms with Crippen molar-refractivity contribution in [1.29, 1.82) is 0 Å². The van der Waals surface area contributed by atoms with Crippen molar-refractivity contribution in [3.63, 3.8) is 0 Å². The zero-order valence-electron chi connectivity index (χ0n) is 15.2. The van der Waals surface area contributed by atoms with Crippen LogP contribution in [0.1, 0.15) is 32.8 Å². The number of likely N-dealkylation sites (N-methyl/N-ethyl adjacent to an activating group) is 1. The van der Waals surface area contributed by atoms with Gasteiger partial charge in [0.2, 0.25) is 11.8 Å². The second kappa shape index (κ2) is 9.05. The zero-order chi connectivity index (χ0) is 19.0. The summed E-state index contributed by atoms with van der Waals surface area (Å²) in [4.78, 5) is 35.8. The van der Waals surface area contributed by atoms with Crippen LogP contribution in [0.15, 0.2) is 24.3 Å². The zero-order valence-corrected chi connectivity index (χ0v) is 15.2. The lowest BCUT2D eigenvalue weighted by Crippen LogP contribution is -2.38. The van der Waals surface area contributed by atoms with E-state index in [0.29, 0.717) is 18.7 Å². The first-order valence-electron chi connectivity index (χ1n) is 8.01. The first kappa shape index (κ1) is 20.5. The lowest BCUT2D eigenvalue weighted by atomic mass is 9.92. The molecule has 0 aliphatic heterocycles. The number of amides is 2. The first-order valence-corrected chi connectivity index (χ1v) is 8.01. The fourth-order valence-corrected chi connectivity index (χ4v) is 2.05. The van der Waals surface area contributed by atoms with Gasteiger partial charge in [0, 0.05) is 20.0 Å². The van der Waals surface area contributed by atoms with Crippen LogP contribution in [0.5, 0.6) is 5.75 Å². The van der Waals surface area contributed by atoms with Crippen LogP contribution >= 0.6 is 0 Å². The van der Waals surface area contributed by atoms with Gasteiger partial charge in [0.05, 0.1) is 6.54 Å². The molecule has 2 amide bonds. The molecule has 0 aliphatic rings. The van der Waals surface area contributed by atoms with Crippen molar-refractivity contribution in [3.05, 3.63) is 29.8 Å². The van der Waals surface area contributed by atoms with E-state index in [1.54, 1.807) is 31.3 Å². The predicted molar refractivity (Wildman–Crippen MR) is 93.1 cm³/mol. The molecule has 0 aliphatic carbocycles. The summed E-state index contributed by atoms with van der Waals surface area (Å²) in [7, 11) is 1.66. The van der Waals surface area contributed by atoms with Crippen LogP contribution in [0.3, 0.4) is 0 Å². The number of nitrogens with zero attached hydrogens (tertiary/aromatic N) is 1. The standard InChI is InChI=1S/C18H26N2O5/c1-18(2,3)9-15(21)19-10-16(22)20(4)11-13-5-7-14(8-6-13)25-12-17(23)24/h5-8H,9-12H2,1-4H3,(H,19,21)(H,23,24). The third-order valence-electron chi connectivity index (χ3n) is 3.26. The van der Waals surface area contributed by atoms with Crippen LogP contribution in [0.4, 0.5) is 0 Å². The number of ether oxygens (including phenoxy) is 1. The number of carboxylic acid groups (broad SMARTS) is 1. The number of nitrogens with one attached hydrogen (secondary N) is 1. The Labute approximate surface area is 148 Å². The highest BCUT2D eigenvalue weighted by atomic mass is 16.5. The van der Waals surface area contributed by atoms with E-state index in [1.165, 1.54) is 4.90 Å². The summed E-state index contributed by atoms with van der Waals surface area (Å²) in [5.74, 6) is -0.917.